The average molecular weight is 353 g/mol. The number of aliphatic carboxylic acids is 1. The van der Waals surface area contributed by atoms with Gasteiger partial charge >= 0.3 is 5.97 Å². The van der Waals surface area contributed by atoms with Crippen LogP contribution in [0, 0.1) is 33.8 Å². The molecule has 2 bridgehead atoms. The smallest absolute Gasteiger partial charge is 0.307 e. The molecule has 0 heterocycles. The van der Waals surface area contributed by atoms with Crippen LogP contribution in [0.25, 0.3) is 0 Å². The quantitative estimate of drug-likeness (QED) is 0.638. The fraction of sp³-hybridized carbons (Fsp3) is 0.500. The van der Waals surface area contributed by atoms with Crippen LogP contribution in [-0.4, -0.2) is 21.9 Å². The van der Waals surface area contributed by atoms with Gasteiger partial charge in [-0.3, -0.25) is 19.7 Å². The second-order valence-electron chi connectivity index (χ2n) is 6.48. The van der Waals surface area contributed by atoms with Crippen molar-refractivity contribution in [2.24, 2.45) is 23.7 Å². The summed E-state index contributed by atoms with van der Waals surface area (Å²) in [7, 11) is 0. The molecule has 128 valence electrons. The molecule has 1 aromatic carbocycles. The SMILES string of the molecule is O=C(O)[C@@H]1C2CCC(CC2)[C@H]1C(=O)Nc1ccc(Cl)c([N+](=O)[O-])c1. The first kappa shape index (κ1) is 16.7. The first-order chi connectivity index (χ1) is 11.4. The number of anilines is 1. The molecule has 3 aliphatic carbocycles. The van der Waals surface area contributed by atoms with E-state index in [-0.39, 0.29) is 34.1 Å². The van der Waals surface area contributed by atoms with E-state index in [0.29, 0.717) is 0 Å². The Morgan fingerprint density at radius 1 is 1.17 bits per heavy atom. The number of carbonyl (C=O) groups excluding carboxylic acids is 1. The molecule has 3 saturated carbocycles. The third-order valence-electron chi connectivity index (χ3n) is 5.22. The lowest BCUT2D eigenvalue weighted by molar-refractivity contribution is -0.384. The number of nitrogens with zero attached hydrogens (tertiary/aromatic N) is 1. The molecular formula is C16H17ClN2O5. The topological polar surface area (TPSA) is 110 Å². The molecule has 2 atom stereocenters. The van der Waals surface area contributed by atoms with E-state index in [9.17, 15) is 24.8 Å². The number of nitro benzene ring substituents is 1. The molecule has 0 unspecified atom stereocenters. The Bertz CT molecular complexity index is 700. The summed E-state index contributed by atoms with van der Waals surface area (Å²) in [6.45, 7) is 0. The predicted molar refractivity (Wildman–Crippen MR) is 86.8 cm³/mol. The molecule has 0 saturated heterocycles. The van der Waals surface area contributed by atoms with E-state index in [2.05, 4.69) is 5.32 Å². The van der Waals surface area contributed by atoms with Gasteiger partial charge < -0.3 is 10.4 Å². The number of carboxylic acids is 1. The van der Waals surface area contributed by atoms with E-state index in [0.717, 1.165) is 25.7 Å². The van der Waals surface area contributed by atoms with Gasteiger partial charge in [-0.15, -0.1) is 0 Å². The van der Waals surface area contributed by atoms with Crippen LogP contribution in [0.1, 0.15) is 25.7 Å². The third-order valence-corrected chi connectivity index (χ3v) is 5.54. The Labute approximate surface area is 143 Å². The monoisotopic (exact) mass is 352 g/mol. The lowest BCUT2D eigenvalue weighted by atomic mass is 9.58. The van der Waals surface area contributed by atoms with Gasteiger partial charge in [-0.25, -0.2) is 0 Å². The van der Waals surface area contributed by atoms with Gasteiger partial charge in [0.05, 0.1) is 16.8 Å². The highest BCUT2D eigenvalue weighted by molar-refractivity contribution is 6.32. The van der Waals surface area contributed by atoms with Gasteiger partial charge in [0.25, 0.3) is 5.69 Å². The van der Waals surface area contributed by atoms with Crippen LogP contribution in [0.2, 0.25) is 5.02 Å². The zero-order valence-corrected chi connectivity index (χ0v) is 13.5. The number of carboxylic acid groups (broad SMARTS) is 1. The summed E-state index contributed by atoms with van der Waals surface area (Å²) in [5.74, 6) is -2.51. The fourth-order valence-corrected chi connectivity index (χ4v) is 4.32. The molecule has 0 aromatic heterocycles. The maximum atomic E-state index is 12.7. The zero-order chi connectivity index (χ0) is 17.4. The summed E-state index contributed by atoms with van der Waals surface area (Å²) >= 11 is 5.76. The van der Waals surface area contributed by atoms with E-state index in [4.69, 9.17) is 11.6 Å². The normalized spacial score (nSPS) is 28.4. The number of nitrogens with one attached hydrogen (secondary N) is 1. The summed E-state index contributed by atoms with van der Waals surface area (Å²) in [6, 6.07) is 4.01. The van der Waals surface area contributed by atoms with Crippen molar-refractivity contribution >= 4 is 34.9 Å². The Morgan fingerprint density at radius 2 is 1.75 bits per heavy atom. The third kappa shape index (κ3) is 2.96. The van der Waals surface area contributed by atoms with E-state index >= 15 is 0 Å². The largest absolute Gasteiger partial charge is 0.481 e. The number of amides is 1. The van der Waals surface area contributed by atoms with Crippen LogP contribution < -0.4 is 5.32 Å². The number of nitro groups is 1. The summed E-state index contributed by atoms with van der Waals surface area (Å²) in [4.78, 5) is 34.6. The summed E-state index contributed by atoms with van der Waals surface area (Å²) in [5.41, 5.74) is -0.0453. The van der Waals surface area contributed by atoms with Crippen molar-refractivity contribution in [3.8, 4) is 0 Å². The Hall–Kier alpha value is -2.15. The lowest BCUT2D eigenvalue weighted by Gasteiger charge is -2.45. The van der Waals surface area contributed by atoms with Crippen LogP contribution in [0.5, 0.6) is 0 Å². The van der Waals surface area contributed by atoms with Crippen LogP contribution in [0.3, 0.4) is 0 Å². The van der Waals surface area contributed by atoms with Gasteiger partial charge in [0, 0.05) is 11.8 Å². The number of halogens is 1. The van der Waals surface area contributed by atoms with Crippen molar-refractivity contribution in [2.75, 3.05) is 5.32 Å². The van der Waals surface area contributed by atoms with E-state index in [1.807, 2.05) is 0 Å². The van der Waals surface area contributed by atoms with Crippen molar-refractivity contribution in [3.05, 3.63) is 33.3 Å². The van der Waals surface area contributed by atoms with Gasteiger partial charge in [-0.2, -0.15) is 0 Å². The highest BCUT2D eigenvalue weighted by Gasteiger charge is 2.50. The molecule has 3 aliphatic rings. The first-order valence-electron chi connectivity index (χ1n) is 7.86. The van der Waals surface area contributed by atoms with Crippen LogP contribution >= 0.6 is 11.6 Å². The van der Waals surface area contributed by atoms with Gasteiger partial charge in [0.1, 0.15) is 5.02 Å². The summed E-state index contributed by atoms with van der Waals surface area (Å²) in [5, 5.41) is 23.1. The van der Waals surface area contributed by atoms with Crippen molar-refractivity contribution < 1.29 is 19.6 Å². The van der Waals surface area contributed by atoms with E-state index in [1.54, 1.807) is 0 Å². The second kappa shape index (κ2) is 6.39. The highest BCUT2D eigenvalue weighted by Crippen LogP contribution is 2.49. The second-order valence-corrected chi connectivity index (χ2v) is 6.88. The Kier molecular flexibility index (Phi) is 4.45. The number of hydrogen-bond donors (Lipinski definition) is 2. The van der Waals surface area contributed by atoms with E-state index < -0.39 is 22.7 Å². The van der Waals surface area contributed by atoms with Gasteiger partial charge in [-0.05, 0) is 49.7 Å². The number of carbonyl (C=O) groups is 2. The Morgan fingerprint density at radius 3 is 2.29 bits per heavy atom. The Balaban J connectivity index is 1.82. The van der Waals surface area contributed by atoms with Gasteiger partial charge in [0.15, 0.2) is 0 Å². The number of rotatable bonds is 4. The number of fused-ring (bicyclic) bond motifs is 3. The molecule has 8 heteroatoms. The molecular weight excluding hydrogens is 336 g/mol. The molecule has 0 aliphatic heterocycles. The highest BCUT2D eigenvalue weighted by atomic mass is 35.5. The molecule has 1 aromatic rings. The minimum atomic E-state index is -0.938. The molecule has 7 nitrogen and oxygen atoms in total. The maximum absolute atomic E-state index is 12.7. The first-order valence-corrected chi connectivity index (χ1v) is 8.24. The van der Waals surface area contributed by atoms with Crippen molar-refractivity contribution in [1.82, 2.24) is 0 Å². The van der Waals surface area contributed by atoms with Crippen molar-refractivity contribution in [1.29, 1.82) is 0 Å². The number of benzene rings is 1. The minimum absolute atomic E-state index is 0.0156. The molecule has 2 N–H and O–H groups in total. The van der Waals surface area contributed by atoms with E-state index in [1.165, 1.54) is 18.2 Å². The summed E-state index contributed by atoms with van der Waals surface area (Å²) < 4.78 is 0. The van der Waals surface area contributed by atoms with Crippen LogP contribution in [0.15, 0.2) is 18.2 Å². The standard InChI is InChI=1S/C16H17ClN2O5/c17-11-6-5-10(7-12(11)19(23)24)18-15(20)13-8-1-3-9(4-2-8)14(13)16(21)22/h5-9,13-14H,1-4H2,(H,18,20)(H,21,22)/t8?,9?,13-,14-/m1/s1. The minimum Gasteiger partial charge on any atom is -0.481 e. The zero-order valence-electron chi connectivity index (χ0n) is 12.8. The lowest BCUT2D eigenvalue weighted by Crippen LogP contribution is -2.49. The summed E-state index contributed by atoms with van der Waals surface area (Å²) in [6.07, 6.45) is 3.40. The predicted octanol–water partition coefficient (Wildman–Crippen LogP) is 3.32. The van der Waals surface area contributed by atoms with Crippen molar-refractivity contribution in [2.45, 2.75) is 25.7 Å². The van der Waals surface area contributed by atoms with Crippen LogP contribution in [-0.2, 0) is 9.59 Å². The van der Waals surface area contributed by atoms with Crippen molar-refractivity contribution in [3.63, 3.8) is 0 Å². The number of hydrogen-bond acceptors (Lipinski definition) is 4. The van der Waals surface area contributed by atoms with Gasteiger partial charge in [-0.1, -0.05) is 11.6 Å². The molecule has 3 fully saturated rings. The molecule has 0 radical (unpaired) electrons. The molecule has 24 heavy (non-hydrogen) atoms. The fourth-order valence-electron chi connectivity index (χ4n) is 4.14. The molecule has 1 amide bonds. The average Bonchev–Trinajstić information content (AvgIpc) is 2.56. The molecule has 0 spiro atoms. The van der Waals surface area contributed by atoms with Gasteiger partial charge in [0.2, 0.25) is 5.91 Å². The molecule has 4 rings (SSSR count). The van der Waals surface area contributed by atoms with Crippen LogP contribution in [0.4, 0.5) is 11.4 Å². The maximum Gasteiger partial charge on any atom is 0.307 e.